The van der Waals surface area contributed by atoms with Crippen molar-refractivity contribution in [3.8, 4) is 11.5 Å². The molecule has 1 aliphatic rings. The Morgan fingerprint density at radius 3 is 2.02 bits per heavy atom. The summed E-state index contributed by atoms with van der Waals surface area (Å²) in [5, 5.41) is 3.23. The molecule has 8 nitrogen and oxygen atoms in total. The van der Waals surface area contributed by atoms with Crippen molar-refractivity contribution in [1.82, 2.24) is 0 Å². The quantitative estimate of drug-likeness (QED) is 0.171. The zero-order valence-corrected chi connectivity index (χ0v) is 26.0. The first-order valence-corrected chi connectivity index (χ1v) is 14.2. The van der Waals surface area contributed by atoms with E-state index >= 15 is 0 Å². The molecule has 0 bridgehead atoms. The average Bonchev–Trinajstić information content (AvgIpc) is 2.93. The maximum Gasteiger partial charge on any atom is 1.00 e. The van der Waals surface area contributed by atoms with Crippen LogP contribution in [-0.4, -0.2) is 24.5 Å². The summed E-state index contributed by atoms with van der Waals surface area (Å²) in [6.45, 7) is 5.24. The molecule has 204 valence electrons. The standard InChI is InChI=1S/C31H28N2O6S.Na/c1-4-18-15-17(3)31(40(36,37)38)20(5-2)28(18)33-23-16-24(39-19-11-7-6-8-12-19)27(32)26-25(23)29(34)21-13-9-10-14-22(21)30(26)35;/h6-16,33H,4-5,32H2,1-3H3,(H,36,37,38);/q;+1/p-1. The molecule has 5 rings (SSSR count). The fraction of sp³-hybridized carbons (Fsp3) is 0.161. The van der Waals surface area contributed by atoms with Gasteiger partial charge in [0.15, 0.2) is 17.3 Å². The minimum absolute atomic E-state index is 0. The van der Waals surface area contributed by atoms with Crippen molar-refractivity contribution in [3.05, 3.63) is 106 Å². The second-order valence-corrected chi connectivity index (χ2v) is 10.8. The minimum Gasteiger partial charge on any atom is -0.744 e. The summed E-state index contributed by atoms with van der Waals surface area (Å²) in [6.07, 6.45) is 0.740. The van der Waals surface area contributed by atoms with Gasteiger partial charge in [-0.3, -0.25) is 9.59 Å². The zero-order valence-electron chi connectivity index (χ0n) is 23.2. The fourth-order valence-electron chi connectivity index (χ4n) is 5.29. The van der Waals surface area contributed by atoms with Crippen molar-refractivity contribution >= 4 is 38.7 Å². The predicted molar refractivity (Wildman–Crippen MR) is 152 cm³/mol. The van der Waals surface area contributed by atoms with E-state index in [2.05, 4.69) is 5.32 Å². The van der Waals surface area contributed by atoms with E-state index in [0.717, 1.165) is 5.56 Å². The smallest absolute Gasteiger partial charge is 0.744 e. The van der Waals surface area contributed by atoms with E-state index in [-0.39, 0.29) is 80.3 Å². The van der Waals surface area contributed by atoms with Crippen LogP contribution in [0.5, 0.6) is 11.5 Å². The van der Waals surface area contributed by atoms with Gasteiger partial charge in [0.05, 0.1) is 27.4 Å². The number of benzene rings is 4. The van der Waals surface area contributed by atoms with Crippen molar-refractivity contribution in [2.24, 2.45) is 0 Å². The molecule has 0 fully saturated rings. The van der Waals surface area contributed by atoms with E-state index in [0.29, 0.717) is 29.0 Å². The Balaban J connectivity index is 0.00000387. The van der Waals surface area contributed by atoms with Gasteiger partial charge < -0.3 is 20.3 Å². The molecule has 4 aromatic rings. The number of rotatable bonds is 7. The number of aryl methyl sites for hydroxylation is 2. The van der Waals surface area contributed by atoms with E-state index in [1.807, 2.05) is 13.0 Å². The third-order valence-electron chi connectivity index (χ3n) is 7.06. The third-order valence-corrected chi connectivity index (χ3v) is 8.13. The molecule has 0 radical (unpaired) electrons. The third kappa shape index (κ3) is 5.43. The molecule has 0 aliphatic heterocycles. The molecule has 3 N–H and O–H groups in total. The van der Waals surface area contributed by atoms with Crippen molar-refractivity contribution in [2.75, 3.05) is 11.1 Å². The van der Waals surface area contributed by atoms with E-state index in [1.165, 1.54) is 6.07 Å². The number of nitrogens with two attached hydrogens (primary N) is 1. The molecule has 0 unspecified atom stereocenters. The molecule has 1 aliphatic carbocycles. The molecule has 10 heteroatoms. The monoisotopic (exact) mass is 578 g/mol. The van der Waals surface area contributed by atoms with E-state index < -0.39 is 21.7 Å². The van der Waals surface area contributed by atoms with Crippen molar-refractivity contribution in [1.29, 1.82) is 0 Å². The molecule has 0 spiro atoms. The number of nitrogen functional groups attached to an aromatic ring is 1. The van der Waals surface area contributed by atoms with E-state index in [4.69, 9.17) is 10.5 Å². The van der Waals surface area contributed by atoms with Gasteiger partial charge in [-0.15, -0.1) is 0 Å². The second kappa shape index (κ2) is 11.8. The largest absolute Gasteiger partial charge is 1.00 e. The molecular formula is C31H27N2NaO6S. The Morgan fingerprint density at radius 1 is 0.878 bits per heavy atom. The van der Waals surface area contributed by atoms with Crippen LogP contribution in [-0.2, 0) is 23.0 Å². The van der Waals surface area contributed by atoms with Gasteiger partial charge in [-0.25, -0.2) is 8.42 Å². The summed E-state index contributed by atoms with van der Waals surface area (Å²) in [5.74, 6) is -0.227. The fourth-order valence-corrected chi connectivity index (χ4v) is 6.29. The topological polar surface area (TPSA) is 139 Å². The van der Waals surface area contributed by atoms with Crippen molar-refractivity contribution in [2.45, 2.75) is 38.5 Å². The van der Waals surface area contributed by atoms with Gasteiger partial charge in [0.2, 0.25) is 0 Å². The summed E-state index contributed by atoms with van der Waals surface area (Å²) in [7, 11) is -4.80. The SMILES string of the molecule is CCc1cc(C)c(S(=O)(=O)[O-])c(CC)c1Nc1cc(Oc2ccccc2)c(N)c2c1C(=O)c1ccccc1C2=O.[Na+]. The van der Waals surface area contributed by atoms with Crippen LogP contribution in [0.2, 0.25) is 0 Å². The molecular weight excluding hydrogens is 551 g/mol. The van der Waals surface area contributed by atoms with Gasteiger partial charge in [0, 0.05) is 22.9 Å². The molecule has 0 amide bonds. The Hall–Kier alpha value is -3.47. The summed E-state index contributed by atoms with van der Waals surface area (Å²) in [4.78, 5) is 27.3. The molecule has 4 aromatic carbocycles. The molecule has 0 atom stereocenters. The zero-order chi connectivity index (χ0) is 28.8. The number of ether oxygens (including phenoxy) is 1. The second-order valence-electron chi connectivity index (χ2n) is 9.53. The number of para-hydroxylation sites is 1. The number of carbonyl (C=O) groups excluding carboxylic acids is 2. The van der Waals surface area contributed by atoms with Gasteiger partial charge in [-0.1, -0.05) is 62.4 Å². The number of anilines is 3. The number of carbonyl (C=O) groups is 2. The van der Waals surface area contributed by atoms with Crippen LogP contribution in [0.4, 0.5) is 17.1 Å². The first kappa shape index (κ1) is 30.5. The van der Waals surface area contributed by atoms with Crippen LogP contribution in [0.15, 0.2) is 71.6 Å². The van der Waals surface area contributed by atoms with Crippen molar-refractivity contribution in [3.63, 3.8) is 0 Å². The molecule has 41 heavy (non-hydrogen) atoms. The molecule has 0 heterocycles. The van der Waals surface area contributed by atoms with Crippen LogP contribution in [0.3, 0.4) is 0 Å². The Labute approximate surface area is 261 Å². The number of fused-ring (bicyclic) bond motifs is 2. The number of ketones is 2. The first-order valence-electron chi connectivity index (χ1n) is 12.8. The van der Waals surface area contributed by atoms with Crippen molar-refractivity contribution < 1.29 is 56.9 Å². The maximum absolute atomic E-state index is 13.8. The number of hydrogen-bond donors (Lipinski definition) is 2. The normalized spacial score (nSPS) is 12.3. The number of hydrogen-bond acceptors (Lipinski definition) is 8. The van der Waals surface area contributed by atoms with Crippen LogP contribution in [0.1, 0.15) is 62.4 Å². The van der Waals surface area contributed by atoms with Crippen LogP contribution >= 0.6 is 0 Å². The average molecular weight is 579 g/mol. The summed E-state index contributed by atoms with van der Waals surface area (Å²) in [6, 6.07) is 18.5. The van der Waals surface area contributed by atoms with Crippen LogP contribution < -0.4 is 45.3 Å². The van der Waals surface area contributed by atoms with Gasteiger partial charge in [-0.2, -0.15) is 0 Å². The van der Waals surface area contributed by atoms with Crippen LogP contribution in [0, 0.1) is 6.92 Å². The van der Waals surface area contributed by atoms with Gasteiger partial charge in [-0.05, 0) is 48.6 Å². The Kier molecular flexibility index (Phi) is 8.77. The van der Waals surface area contributed by atoms with E-state index in [1.54, 1.807) is 68.4 Å². The van der Waals surface area contributed by atoms with E-state index in [9.17, 15) is 22.6 Å². The first-order chi connectivity index (χ1) is 19.1. The minimum atomic E-state index is -4.80. The summed E-state index contributed by atoms with van der Waals surface area (Å²) in [5.41, 5.74) is 9.02. The van der Waals surface area contributed by atoms with Gasteiger partial charge >= 0.3 is 29.6 Å². The summed E-state index contributed by atoms with van der Waals surface area (Å²) < 4.78 is 42.9. The molecule has 0 saturated carbocycles. The number of nitrogens with one attached hydrogen (secondary N) is 1. The maximum atomic E-state index is 13.8. The van der Waals surface area contributed by atoms with Gasteiger partial charge in [0.25, 0.3) is 0 Å². The Morgan fingerprint density at radius 2 is 1.46 bits per heavy atom. The molecule has 0 aromatic heterocycles. The van der Waals surface area contributed by atoms with Gasteiger partial charge in [0.1, 0.15) is 15.9 Å². The molecule has 0 saturated heterocycles. The predicted octanol–water partition coefficient (Wildman–Crippen LogP) is 2.92. The summed E-state index contributed by atoms with van der Waals surface area (Å²) >= 11 is 0. The Bertz CT molecular complexity index is 1800. The van der Waals surface area contributed by atoms with Crippen LogP contribution in [0.25, 0.3) is 0 Å².